The summed E-state index contributed by atoms with van der Waals surface area (Å²) in [4.78, 5) is 17.6. The molecule has 4 rings (SSSR count). The first kappa shape index (κ1) is 17.2. The maximum Gasteiger partial charge on any atom is 0.352 e. The highest BCUT2D eigenvalue weighted by Crippen LogP contribution is 2.47. The van der Waals surface area contributed by atoms with Gasteiger partial charge < -0.3 is 10.0 Å². The number of aliphatic hydroxyl groups is 1. The van der Waals surface area contributed by atoms with Crippen LogP contribution in [0.3, 0.4) is 0 Å². The van der Waals surface area contributed by atoms with Crippen LogP contribution in [0.25, 0.3) is 5.82 Å². The molecule has 0 aliphatic carbocycles. The first-order chi connectivity index (χ1) is 12.9. The van der Waals surface area contributed by atoms with E-state index in [4.69, 9.17) is 0 Å². The fraction of sp³-hybridized carbons (Fsp3) is 0.222. The van der Waals surface area contributed by atoms with Gasteiger partial charge in [0.15, 0.2) is 5.82 Å². The molecular weight excluding hydrogens is 356 g/mol. The average molecular weight is 371 g/mol. The van der Waals surface area contributed by atoms with E-state index in [0.29, 0.717) is 11.4 Å². The number of hydrogen-bond acceptors (Lipinski definition) is 5. The van der Waals surface area contributed by atoms with Crippen molar-refractivity contribution in [3.8, 4) is 5.82 Å². The molecule has 138 valence electrons. The van der Waals surface area contributed by atoms with Crippen LogP contribution < -0.4 is 4.90 Å². The van der Waals surface area contributed by atoms with Crippen LogP contribution in [0.5, 0.6) is 0 Å². The number of rotatable bonds is 4. The summed E-state index contributed by atoms with van der Waals surface area (Å²) >= 11 is 0. The van der Waals surface area contributed by atoms with Crippen LogP contribution in [0.1, 0.15) is 29.7 Å². The summed E-state index contributed by atoms with van der Waals surface area (Å²) in [5.41, 5.74) is 0.298. The summed E-state index contributed by atoms with van der Waals surface area (Å²) in [6, 6.07) is 7.76. The number of amides is 1. The molecular formula is C18H15F2N5O2. The fourth-order valence-electron chi connectivity index (χ4n) is 3.17. The Morgan fingerprint density at radius 1 is 1.26 bits per heavy atom. The van der Waals surface area contributed by atoms with Crippen molar-refractivity contribution in [1.82, 2.24) is 20.0 Å². The van der Waals surface area contributed by atoms with E-state index in [1.54, 1.807) is 24.4 Å². The summed E-state index contributed by atoms with van der Waals surface area (Å²) in [7, 11) is 0. The lowest BCUT2D eigenvalue weighted by Gasteiger charge is -2.17. The van der Waals surface area contributed by atoms with Gasteiger partial charge in [-0.1, -0.05) is 23.4 Å². The van der Waals surface area contributed by atoms with Crippen LogP contribution >= 0.6 is 0 Å². The van der Waals surface area contributed by atoms with Gasteiger partial charge in [0.1, 0.15) is 0 Å². The van der Waals surface area contributed by atoms with E-state index in [-0.39, 0.29) is 17.8 Å². The third-order valence-electron chi connectivity index (χ3n) is 4.45. The van der Waals surface area contributed by atoms with Gasteiger partial charge in [0.2, 0.25) is 0 Å². The summed E-state index contributed by atoms with van der Waals surface area (Å²) < 4.78 is 30.7. The lowest BCUT2D eigenvalue weighted by atomic mass is 9.98. The molecule has 0 unspecified atom stereocenters. The largest absolute Gasteiger partial charge is 0.389 e. The highest BCUT2D eigenvalue weighted by atomic mass is 19.3. The number of carbonyl (C=O) groups is 1. The zero-order valence-electron chi connectivity index (χ0n) is 14.3. The Balaban J connectivity index is 1.68. The molecule has 27 heavy (non-hydrogen) atoms. The van der Waals surface area contributed by atoms with Crippen molar-refractivity contribution < 1.29 is 18.7 Å². The van der Waals surface area contributed by atoms with Crippen LogP contribution in [0.15, 0.2) is 48.9 Å². The van der Waals surface area contributed by atoms with Crippen LogP contribution in [-0.4, -0.2) is 31.0 Å². The summed E-state index contributed by atoms with van der Waals surface area (Å²) in [6.45, 7) is 1.33. The smallest absolute Gasteiger partial charge is 0.352 e. The molecule has 0 radical (unpaired) electrons. The van der Waals surface area contributed by atoms with Crippen molar-refractivity contribution in [3.05, 3.63) is 65.6 Å². The predicted octanol–water partition coefficient (Wildman–Crippen LogP) is 2.35. The molecule has 7 nitrogen and oxygen atoms in total. The number of fused-ring (bicyclic) bond motifs is 1. The highest BCUT2D eigenvalue weighted by molar-refractivity contribution is 6.06. The summed E-state index contributed by atoms with van der Waals surface area (Å²) in [6.07, 6.45) is 3.53. The zero-order valence-corrected chi connectivity index (χ0v) is 14.3. The van der Waals surface area contributed by atoms with Crippen molar-refractivity contribution in [1.29, 1.82) is 0 Å². The highest BCUT2D eigenvalue weighted by Gasteiger charge is 2.54. The Labute approximate surface area is 152 Å². The molecule has 0 saturated carbocycles. The van der Waals surface area contributed by atoms with Gasteiger partial charge in [-0.05, 0) is 30.2 Å². The molecule has 0 bridgehead atoms. The van der Waals surface area contributed by atoms with Gasteiger partial charge in [-0.2, -0.15) is 8.78 Å². The monoisotopic (exact) mass is 371 g/mol. The van der Waals surface area contributed by atoms with Crippen molar-refractivity contribution in [3.63, 3.8) is 0 Å². The lowest BCUT2D eigenvalue weighted by Crippen LogP contribution is -2.34. The number of carbonyl (C=O) groups excluding carboxylic acids is 1. The second kappa shape index (κ2) is 6.20. The molecule has 1 aliphatic heterocycles. The number of anilines is 1. The number of aromatic nitrogens is 4. The third kappa shape index (κ3) is 2.76. The van der Waals surface area contributed by atoms with E-state index >= 15 is 0 Å². The van der Waals surface area contributed by atoms with Crippen LogP contribution in [0, 0.1) is 0 Å². The van der Waals surface area contributed by atoms with E-state index in [1.807, 2.05) is 0 Å². The number of pyridine rings is 1. The Kier molecular flexibility index (Phi) is 3.96. The maximum absolute atomic E-state index is 14.6. The minimum absolute atomic E-state index is 0.0491. The molecule has 3 aromatic rings. The minimum atomic E-state index is -3.68. The van der Waals surface area contributed by atoms with Gasteiger partial charge in [0, 0.05) is 6.20 Å². The van der Waals surface area contributed by atoms with Gasteiger partial charge in [-0.25, -0.2) is 9.67 Å². The number of aliphatic hydroxyl groups excluding tert-OH is 1. The van der Waals surface area contributed by atoms with Gasteiger partial charge in [-0.3, -0.25) is 4.79 Å². The predicted molar refractivity (Wildman–Crippen MR) is 91.3 cm³/mol. The molecule has 2 aromatic heterocycles. The van der Waals surface area contributed by atoms with E-state index in [2.05, 4.69) is 15.3 Å². The standard InChI is InChI=1S/C18H15F2N5O2/c1-11(26)13-3-2-4-14-16(13)18(19,20)17(27)24(14)10-12-5-6-15(21-9-12)25-8-7-22-23-25/h2-9,11,26H,10H2,1H3/t11-/m0/s1. The molecule has 0 spiro atoms. The van der Waals surface area contributed by atoms with Crippen molar-refractivity contribution in [2.45, 2.75) is 25.5 Å². The Morgan fingerprint density at radius 2 is 2.07 bits per heavy atom. The Morgan fingerprint density at radius 3 is 2.70 bits per heavy atom. The number of nitrogens with zero attached hydrogens (tertiary/aromatic N) is 5. The summed E-state index contributed by atoms with van der Waals surface area (Å²) in [5, 5.41) is 17.3. The van der Waals surface area contributed by atoms with Crippen LogP contribution in [0.2, 0.25) is 0 Å². The van der Waals surface area contributed by atoms with Gasteiger partial charge in [-0.15, -0.1) is 5.10 Å². The van der Waals surface area contributed by atoms with E-state index < -0.39 is 23.5 Å². The number of hydrogen-bond donors (Lipinski definition) is 1. The van der Waals surface area contributed by atoms with Gasteiger partial charge in [0.05, 0.1) is 36.3 Å². The molecule has 1 aliphatic rings. The number of alkyl halides is 2. The quantitative estimate of drug-likeness (QED) is 0.761. The van der Waals surface area contributed by atoms with E-state index in [9.17, 15) is 18.7 Å². The molecule has 3 heterocycles. The first-order valence-corrected chi connectivity index (χ1v) is 8.22. The molecule has 1 amide bonds. The molecule has 0 fully saturated rings. The van der Waals surface area contributed by atoms with E-state index in [0.717, 1.165) is 4.90 Å². The van der Waals surface area contributed by atoms with Crippen molar-refractivity contribution in [2.75, 3.05) is 4.90 Å². The minimum Gasteiger partial charge on any atom is -0.389 e. The fourth-order valence-corrected chi connectivity index (χ4v) is 3.17. The van der Waals surface area contributed by atoms with Gasteiger partial charge >= 0.3 is 11.8 Å². The lowest BCUT2D eigenvalue weighted by molar-refractivity contribution is -0.141. The van der Waals surface area contributed by atoms with Crippen molar-refractivity contribution in [2.24, 2.45) is 0 Å². The normalized spacial score (nSPS) is 16.4. The Hall–Kier alpha value is -3.20. The average Bonchev–Trinajstić information content (AvgIpc) is 3.25. The Bertz CT molecular complexity index is 987. The molecule has 0 saturated heterocycles. The van der Waals surface area contributed by atoms with Crippen LogP contribution in [-0.2, 0) is 17.3 Å². The van der Waals surface area contributed by atoms with E-state index in [1.165, 1.54) is 36.1 Å². The molecule has 1 N–H and O–H groups in total. The first-order valence-electron chi connectivity index (χ1n) is 8.22. The topological polar surface area (TPSA) is 84.1 Å². The number of halogens is 2. The number of benzene rings is 1. The molecule has 1 aromatic carbocycles. The summed E-state index contributed by atoms with van der Waals surface area (Å²) in [5.74, 6) is -4.48. The SMILES string of the molecule is C[C@H](O)c1cccc2c1C(F)(F)C(=O)N2Cc1ccc(-n2ccnn2)nc1. The van der Waals surface area contributed by atoms with Crippen molar-refractivity contribution >= 4 is 11.6 Å². The van der Waals surface area contributed by atoms with Crippen LogP contribution in [0.4, 0.5) is 14.5 Å². The molecule has 1 atom stereocenters. The third-order valence-corrected chi connectivity index (χ3v) is 4.45. The maximum atomic E-state index is 14.6. The second-order valence-corrected chi connectivity index (χ2v) is 6.26. The molecule has 9 heteroatoms. The zero-order chi connectivity index (χ0) is 19.2. The second-order valence-electron chi connectivity index (χ2n) is 6.26. The van der Waals surface area contributed by atoms with Gasteiger partial charge in [0.25, 0.3) is 0 Å².